The Balaban J connectivity index is 0.000000159. The molecule has 1 N–H and O–H groups in total. The Morgan fingerprint density at radius 3 is 0.763 bits per heavy atom. The van der Waals surface area contributed by atoms with E-state index in [9.17, 15) is 52.7 Å². The summed E-state index contributed by atoms with van der Waals surface area (Å²) in [6.07, 6.45) is 13.2. The van der Waals surface area contributed by atoms with E-state index in [-0.39, 0.29) is 84.9 Å². The van der Waals surface area contributed by atoms with Gasteiger partial charge < -0.3 is 24.7 Å². The van der Waals surface area contributed by atoms with E-state index in [2.05, 4.69) is 120 Å². The third kappa shape index (κ3) is 30.0. The molecule has 0 bridgehead atoms. The zero-order valence-corrected chi connectivity index (χ0v) is 63.3. The zero-order chi connectivity index (χ0) is 69.8. The Morgan fingerprint density at radius 1 is 0.351 bits per heavy atom. The fourth-order valence-corrected chi connectivity index (χ4v) is 16.2. The van der Waals surface area contributed by atoms with Gasteiger partial charge in [-0.2, -0.15) is 52.7 Å². The molecule has 33 heteroatoms. The standard InChI is InChI=1S/3C16H18BrF3N2OS.C8H6BrF3S.C8H13BrN2O/c3*17-15-9-14(23-21-15)12-5-7-22(8-6-12)10-11-1-3-13(4-2-11)24-16(18,19)20;9-5-6-1-3-7(4-2-6)13-8(10,11)12;9-8-5-7(12-11-8)6-1-3-10-4-2-6/h3*1-4,12,14H,5-10H2;1-4H,5H2;6-7,10H,1-5H2/t2*14-;;;/m10.../s1. The van der Waals surface area contributed by atoms with Gasteiger partial charge in [0.1, 0.15) is 42.9 Å². The molecule has 0 radical (unpaired) electrons. The van der Waals surface area contributed by atoms with Crippen molar-refractivity contribution in [3.63, 3.8) is 0 Å². The van der Waals surface area contributed by atoms with Crippen molar-refractivity contribution < 1.29 is 72.0 Å². The molecule has 97 heavy (non-hydrogen) atoms. The van der Waals surface area contributed by atoms with Gasteiger partial charge in [-0.3, -0.25) is 14.7 Å². The summed E-state index contributed by atoms with van der Waals surface area (Å²) in [5, 5.41) is 19.8. The molecule has 0 saturated carbocycles. The van der Waals surface area contributed by atoms with Crippen molar-refractivity contribution in [1.29, 1.82) is 0 Å². The monoisotopic (exact) mass is 1770 g/mol. The van der Waals surface area contributed by atoms with Crippen LogP contribution in [0.5, 0.6) is 0 Å². The maximum absolute atomic E-state index is 12.3. The molecule has 12 rings (SSSR count). The zero-order valence-electron chi connectivity index (χ0n) is 52.1. The fraction of sp³-hybridized carbons (Fsp3) is 0.562. The average molecular weight is 1770 g/mol. The van der Waals surface area contributed by atoms with Crippen LogP contribution in [0, 0.1) is 23.7 Å². The quantitative estimate of drug-likeness (QED) is 0.0696. The number of nitrogens with one attached hydrogen (secondary N) is 1. The molecule has 4 aromatic carbocycles. The molecule has 4 atom stereocenters. The molecule has 536 valence electrons. The lowest BCUT2D eigenvalue weighted by molar-refractivity contribution is -0.0337. The molecule has 4 aromatic rings. The number of hydrogen-bond donors (Lipinski definition) is 1. The second-order valence-corrected chi connectivity index (χ2v) is 32.9. The second-order valence-electron chi connectivity index (χ2n) is 24.1. The Kier molecular flexibility index (Phi) is 32.2. The first-order valence-corrected chi connectivity index (χ1v) is 39.0. The predicted molar refractivity (Wildman–Crippen MR) is 379 cm³/mol. The van der Waals surface area contributed by atoms with Gasteiger partial charge in [0.2, 0.25) is 0 Å². The Labute approximate surface area is 616 Å². The van der Waals surface area contributed by atoms with Crippen LogP contribution in [-0.2, 0) is 44.3 Å². The molecule has 8 heterocycles. The normalized spacial score (nSPS) is 22.6. The van der Waals surface area contributed by atoms with Crippen molar-refractivity contribution in [3.8, 4) is 0 Å². The lowest BCUT2D eigenvalue weighted by Gasteiger charge is -2.33. The van der Waals surface area contributed by atoms with Crippen LogP contribution in [0.25, 0.3) is 0 Å². The topological polar surface area (TPSA) is 108 Å². The smallest absolute Gasteiger partial charge is 0.391 e. The van der Waals surface area contributed by atoms with E-state index in [1.165, 1.54) is 25.0 Å². The Hall–Kier alpha value is -2.44. The molecule has 8 aliphatic heterocycles. The van der Waals surface area contributed by atoms with Crippen molar-refractivity contribution in [3.05, 3.63) is 119 Å². The minimum absolute atomic E-state index is 0.0721. The van der Waals surface area contributed by atoms with Crippen molar-refractivity contribution in [2.75, 3.05) is 52.4 Å². The van der Waals surface area contributed by atoms with E-state index in [0.29, 0.717) is 35.1 Å². The van der Waals surface area contributed by atoms with Gasteiger partial charge in [-0.25, -0.2) is 0 Å². The van der Waals surface area contributed by atoms with Gasteiger partial charge in [0.15, 0.2) is 0 Å². The second kappa shape index (κ2) is 38.9. The summed E-state index contributed by atoms with van der Waals surface area (Å²) in [5.74, 6) is 2.26. The highest BCUT2D eigenvalue weighted by molar-refractivity contribution is 9.19. The first-order valence-electron chi connectivity index (χ1n) is 31.4. The molecule has 2 unspecified atom stereocenters. The van der Waals surface area contributed by atoms with Crippen LogP contribution in [0.1, 0.15) is 99.3 Å². The van der Waals surface area contributed by atoms with Gasteiger partial charge in [-0.15, -0.1) is 0 Å². The highest BCUT2D eigenvalue weighted by atomic mass is 79.9. The molecule has 0 amide bonds. The minimum atomic E-state index is -4.23. The molecule has 12 nitrogen and oxygen atoms in total. The minimum Gasteiger partial charge on any atom is -0.391 e. The number of hydrogen-bond acceptors (Lipinski definition) is 16. The molecule has 8 aliphatic rings. The van der Waals surface area contributed by atoms with Crippen molar-refractivity contribution in [2.24, 2.45) is 44.3 Å². The third-order valence-corrected chi connectivity index (χ3v) is 22.5. The number of thioether (sulfide) groups is 4. The van der Waals surface area contributed by atoms with Gasteiger partial charge in [-0.05, 0) is 285 Å². The SMILES string of the molecule is BrC1=NOC(C2CCNCC2)C1.FC(F)(F)Sc1ccc(CBr)cc1.FC(F)(F)Sc1ccc(CN2CCC(C3CC(Br)=NO3)CC2)cc1.FC(F)(F)Sc1ccc(CN2CCC([C@@H]3CC(Br)=NO3)CC2)cc1.FC(F)(F)Sc1ccc(CN2CCC([C@H]3CC(Br)=NO3)CC2)cc1. The van der Waals surface area contributed by atoms with Crippen LogP contribution < -0.4 is 5.32 Å². The van der Waals surface area contributed by atoms with Crippen molar-refractivity contribution in [1.82, 2.24) is 20.0 Å². The molecular weight excluding hydrogens is 1700 g/mol. The van der Waals surface area contributed by atoms with Gasteiger partial charge >= 0.3 is 22.0 Å². The van der Waals surface area contributed by atoms with Gasteiger partial charge in [-0.1, -0.05) is 85.1 Å². The first-order chi connectivity index (χ1) is 46.0. The van der Waals surface area contributed by atoms with Crippen LogP contribution in [0.2, 0.25) is 0 Å². The summed E-state index contributed by atoms with van der Waals surface area (Å²) < 4.78 is 150. The van der Waals surface area contributed by atoms with Crippen LogP contribution in [0.4, 0.5) is 52.7 Å². The van der Waals surface area contributed by atoms with Gasteiger partial charge in [0.25, 0.3) is 0 Å². The van der Waals surface area contributed by atoms with Crippen LogP contribution in [0.3, 0.4) is 0 Å². The number of piperidine rings is 4. The number of benzene rings is 4. The van der Waals surface area contributed by atoms with E-state index in [0.717, 1.165) is 177 Å². The van der Waals surface area contributed by atoms with E-state index >= 15 is 0 Å². The average Bonchev–Trinajstić information content (AvgIpc) is 1.86. The molecular formula is C64H73Br5F12N8O4S4. The number of oxime groups is 4. The maximum Gasteiger partial charge on any atom is 0.446 e. The molecule has 0 aliphatic carbocycles. The lowest BCUT2D eigenvalue weighted by Crippen LogP contribution is -2.37. The Morgan fingerprint density at radius 2 is 0.567 bits per heavy atom. The fourth-order valence-electron chi connectivity index (χ4n) is 12.1. The predicted octanol–water partition coefficient (Wildman–Crippen LogP) is 20.7. The van der Waals surface area contributed by atoms with Crippen LogP contribution in [-0.4, -0.2) is 132 Å². The summed E-state index contributed by atoms with van der Waals surface area (Å²) in [4.78, 5) is 29.6. The summed E-state index contributed by atoms with van der Waals surface area (Å²) in [5.41, 5.74) is -12.8. The van der Waals surface area contributed by atoms with Gasteiger partial charge in [0, 0.05) is 93.9 Å². The number of nitrogens with zero attached hydrogens (tertiary/aromatic N) is 7. The molecule has 0 spiro atoms. The van der Waals surface area contributed by atoms with Crippen molar-refractivity contribution in [2.45, 2.75) is 168 Å². The largest absolute Gasteiger partial charge is 0.446 e. The van der Waals surface area contributed by atoms with Crippen LogP contribution in [0.15, 0.2) is 137 Å². The number of halogens is 17. The van der Waals surface area contributed by atoms with E-state index < -0.39 is 22.0 Å². The third-order valence-electron chi connectivity index (χ3n) is 17.0. The summed E-state index contributed by atoms with van der Waals surface area (Å²) in [6.45, 7) is 10.4. The van der Waals surface area contributed by atoms with Crippen LogP contribution >= 0.6 is 127 Å². The Bertz CT molecular complexity index is 2910. The highest BCUT2D eigenvalue weighted by Gasteiger charge is 2.37. The van der Waals surface area contributed by atoms with Crippen molar-refractivity contribution >= 4 is 145 Å². The highest BCUT2D eigenvalue weighted by Crippen LogP contribution is 2.41. The van der Waals surface area contributed by atoms with E-state index in [1.807, 2.05) is 0 Å². The number of rotatable bonds is 15. The first kappa shape index (κ1) is 80.2. The molecule has 4 saturated heterocycles. The van der Waals surface area contributed by atoms with E-state index in [1.54, 1.807) is 84.9 Å². The lowest BCUT2D eigenvalue weighted by atomic mass is 9.90. The number of alkyl halides is 13. The van der Waals surface area contributed by atoms with E-state index in [4.69, 9.17) is 19.4 Å². The maximum atomic E-state index is 12.3. The summed E-state index contributed by atoms with van der Waals surface area (Å²) >= 11 is 16.4. The molecule has 4 fully saturated rings. The van der Waals surface area contributed by atoms with Gasteiger partial charge in [0.05, 0.1) is 0 Å². The number of likely N-dealkylation sites (tertiary alicyclic amines) is 3. The molecule has 0 aromatic heterocycles. The summed E-state index contributed by atoms with van der Waals surface area (Å²) in [6, 6.07) is 26.2. The summed E-state index contributed by atoms with van der Waals surface area (Å²) in [7, 11) is 0.